The number of benzene rings is 1. The highest BCUT2D eigenvalue weighted by Gasteiger charge is 2.39. The van der Waals surface area contributed by atoms with E-state index in [0.29, 0.717) is 18.4 Å². The summed E-state index contributed by atoms with van der Waals surface area (Å²) >= 11 is 0. The van der Waals surface area contributed by atoms with E-state index in [4.69, 9.17) is 10.8 Å². The second-order valence-corrected chi connectivity index (χ2v) is 7.51. The van der Waals surface area contributed by atoms with Crippen LogP contribution in [-0.2, 0) is 25.6 Å². The van der Waals surface area contributed by atoms with Gasteiger partial charge in [-0.3, -0.25) is 19.2 Å². The minimum Gasteiger partial charge on any atom is -0.508 e. The molecule has 11 nitrogen and oxygen atoms in total. The predicted molar refractivity (Wildman–Crippen MR) is 109 cm³/mol. The number of carbonyl (C=O) groups is 4. The van der Waals surface area contributed by atoms with Gasteiger partial charge in [-0.25, -0.2) is 0 Å². The maximum absolute atomic E-state index is 13.0. The van der Waals surface area contributed by atoms with Crippen LogP contribution in [0.1, 0.15) is 25.3 Å². The molecule has 4 unspecified atom stereocenters. The molecule has 0 bridgehead atoms. The highest BCUT2D eigenvalue weighted by atomic mass is 16.4. The second-order valence-electron chi connectivity index (χ2n) is 7.51. The van der Waals surface area contributed by atoms with Crippen molar-refractivity contribution in [3.8, 4) is 5.75 Å². The van der Waals surface area contributed by atoms with Gasteiger partial charge in [-0.2, -0.15) is 0 Å². The van der Waals surface area contributed by atoms with E-state index in [9.17, 15) is 29.4 Å². The van der Waals surface area contributed by atoms with E-state index in [-0.39, 0.29) is 18.7 Å². The number of aliphatic carboxylic acids is 1. The van der Waals surface area contributed by atoms with Crippen molar-refractivity contribution >= 4 is 23.7 Å². The predicted octanol–water partition coefficient (Wildman–Crippen LogP) is -1.68. The molecule has 11 heteroatoms. The van der Waals surface area contributed by atoms with E-state index >= 15 is 0 Å². The Morgan fingerprint density at radius 3 is 2.45 bits per heavy atom. The number of likely N-dealkylation sites (tertiary alicyclic amines) is 1. The van der Waals surface area contributed by atoms with Crippen LogP contribution in [-0.4, -0.2) is 81.2 Å². The van der Waals surface area contributed by atoms with Gasteiger partial charge in [-0.1, -0.05) is 12.1 Å². The van der Waals surface area contributed by atoms with Crippen LogP contribution in [0.4, 0.5) is 0 Å². The Labute approximate surface area is 179 Å². The van der Waals surface area contributed by atoms with Gasteiger partial charge in [0.25, 0.3) is 0 Å². The summed E-state index contributed by atoms with van der Waals surface area (Å²) in [6.45, 7) is 1.01. The van der Waals surface area contributed by atoms with E-state index in [2.05, 4.69) is 10.6 Å². The molecule has 0 spiro atoms. The van der Waals surface area contributed by atoms with Crippen LogP contribution in [0, 0.1) is 0 Å². The summed E-state index contributed by atoms with van der Waals surface area (Å²) in [5.74, 6) is -3.03. The lowest BCUT2D eigenvalue weighted by Gasteiger charge is -2.30. The Morgan fingerprint density at radius 2 is 1.87 bits per heavy atom. The van der Waals surface area contributed by atoms with E-state index < -0.39 is 54.5 Å². The molecule has 170 valence electrons. The first-order chi connectivity index (χ1) is 14.6. The van der Waals surface area contributed by atoms with Gasteiger partial charge in [-0.05, 0) is 43.9 Å². The number of aliphatic hydroxyl groups is 1. The number of aliphatic hydroxyl groups excluding tert-OH is 1. The van der Waals surface area contributed by atoms with Gasteiger partial charge in [0.05, 0.1) is 12.1 Å². The quantitative estimate of drug-likeness (QED) is 0.265. The van der Waals surface area contributed by atoms with Crippen LogP contribution in [0.5, 0.6) is 5.75 Å². The molecule has 2 rings (SSSR count). The number of nitrogens with zero attached hydrogens (tertiary/aromatic N) is 1. The summed E-state index contributed by atoms with van der Waals surface area (Å²) in [6.07, 6.45) is -0.229. The third-order valence-corrected chi connectivity index (χ3v) is 5.03. The van der Waals surface area contributed by atoms with Crippen LogP contribution >= 0.6 is 0 Å². The van der Waals surface area contributed by atoms with Crippen molar-refractivity contribution in [2.24, 2.45) is 5.73 Å². The normalized spacial score (nSPS) is 18.7. The summed E-state index contributed by atoms with van der Waals surface area (Å²) < 4.78 is 0. The second kappa shape index (κ2) is 10.7. The fraction of sp³-hybridized carbons (Fsp3) is 0.500. The number of aromatic hydroxyl groups is 1. The number of phenolic OH excluding ortho intramolecular Hbond substituents is 1. The molecule has 1 aliphatic heterocycles. The van der Waals surface area contributed by atoms with Crippen molar-refractivity contribution in [2.45, 2.75) is 50.4 Å². The molecule has 1 fully saturated rings. The van der Waals surface area contributed by atoms with Crippen molar-refractivity contribution in [3.05, 3.63) is 29.8 Å². The average molecular weight is 436 g/mol. The molecule has 1 heterocycles. The first-order valence-electron chi connectivity index (χ1n) is 9.92. The van der Waals surface area contributed by atoms with Crippen molar-refractivity contribution in [3.63, 3.8) is 0 Å². The smallest absolute Gasteiger partial charge is 0.322 e. The molecular weight excluding hydrogens is 408 g/mol. The van der Waals surface area contributed by atoms with Gasteiger partial charge < -0.3 is 36.6 Å². The fourth-order valence-electron chi connectivity index (χ4n) is 3.39. The molecule has 7 N–H and O–H groups in total. The van der Waals surface area contributed by atoms with Crippen molar-refractivity contribution < 1.29 is 34.5 Å². The molecule has 0 saturated carbocycles. The van der Waals surface area contributed by atoms with Gasteiger partial charge in [0.15, 0.2) is 0 Å². The molecule has 0 aliphatic carbocycles. The highest BCUT2D eigenvalue weighted by molar-refractivity contribution is 5.94. The van der Waals surface area contributed by atoms with Crippen LogP contribution in [0.2, 0.25) is 0 Å². The number of hydrogen-bond acceptors (Lipinski definition) is 7. The number of amides is 3. The molecule has 3 amide bonds. The number of hydrogen-bond donors (Lipinski definition) is 6. The number of phenols is 1. The summed E-state index contributed by atoms with van der Waals surface area (Å²) in [5, 5.41) is 32.8. The molecule has 0 radical (unpaired) electrons. The van der Waals surface area contributed by atoms with Crippen molar-refractivity contribution in [1.82, 2.24) is 15.5 Å². The van der Waals surface area contributed by atoms with Gasteiger partial charge in [-0.15, -0.1) is 0 Å². The largest absolute Gasteiger partial charge is 0.508 e. The van der Waals surface area contributed by atoms with E-state index in [1.807, 2.05) is 0 Å². The molecule has 1 aromatic carbocycles. The lowest BCUT2D eigenvalue weighted by molar-refractivity contribution is -0.144. The Kier molecular flexibility index (Phi) is 8.34. The third kappa shape index (κ3) is 6.66. The zero-order chi connectivity index (χ0) is 23.1. The SMILES string of the molecule is CC(O)C(NC(=O)C(N)Cc1ccc(O)cc1)C(=O)N1CCCC1C(=O)NCC(=O)O. The summed E-state index contributed by atoms with van der Waals surface area (Å²) in [7, 11) is 0. The van der Waals surface area contributed by atoms with Crippen molar-refractivity contribution in [2.75, 3.05) is 13.1 Å². The molecule has 1 saturated heterocycles. The Morgan fingerprint density at radius 1 is 1.23 bits per heavy atom. The Bertz CT molecular complexity index is 812. The maximum atomic E-state index is 13.0. The molecule has 0 aromatic heterocycles. The number of rotatable bonds is 9. The Balaban J connectivity index is 2.03. The number of carboxylic acid groups (broad SMARTS) is 1. The first-order valence-corrected chi connectivity index (χ1v) is 9.92. The summed E-state index contributed by atoms with van der Waals surface area (Å²) in [5.41, 5.74) is 6.64. The van der Waals surface area contributed by atoms with Gasteiger partial charge in [0.2, 0.25) is 17.7 Å². The first kappa shape index (κ1) is 24.1. The molecule has 1 aromatic rings. The Hall–Kier alpha value is -3.18. The monoisotopic (exact) mass is 436 g/mol. The number of nitrogens with one attached hydrogen (secondary N) is 2. The minimum absolute atomic E-state index is 0.0779. The van der Waals surface area contributed by atoms with Gasteiger partial charge in [0.1, 0.15) is 24.4 Å². The number of carbonyl (C=O) groups excluding carboxylic acids is 3. The van der Waals surface area contributed by atoms with Crippen LogP contribution in [0.15, 0.2) is 24.3 Å². The van der Waals surface area contributed by atoms with E-state index in [1.54, 1.807) is 12.1 Å². The lowest BCUT2D eigenvalue weighted by atomic mass is 10.0. The fourth-order valence-corrected chi connectivity index (χ4v) is 3.39. The van der Waals surface area contributed by atoms with E-state index in [1.165, 1.54) is 24.0 Å². The topological polar surface area (TPSA) is 182 Å². The molecular formula is C20H28N4O7. The lowest BCUT2D eigenvalue weighted by Crippen LogP contribution is -2.59. The maximum Gasteiger partial charge on any atom is 0.322 e. The number of carboxylic acids is 1. The van der Waals surface area contributed by atoms with Crippen LogP contribution in [0.3, 0.4) is 0 Å². The summed E-state index contributed by atoms with van der Waals surface area (Å²) in [4.78, 5) is 49.7. The third-order valence-electron chi connectivity index (χ3n) is 5.03. The van der Waals surface area contributed by atoms with Crippen LogP contribution < -0.4 is 16.4 Å². The summed E-state index contributed by atoms with van der Waals surface area (Å²) in [6, 6.07) is 2.96. The van der Waals surface area contributed by atoms with Gasteiger partial charge >= 0.3 is 5.97 Å². The zero-order valence-electron chi connectivity index (χ0n) is 17.2. The minimum atomic E-state index is -1.31. The standard InChI is InChI=1S/C20H28N4O7/c1-11(25)17(23-18(29)14(21)9-12-4-6-13(26)7-5-12)20(31)24-8-2-3-15(24)19(30)22-10-16(27)28/h4-7,11,14-15,17,25-26H,2-3,8-10,21H2,1H3,(H,22,30)(H,23,29)(H,27,28). The van der Waals surface area contributed by atoms with Crippen LogP contribution in [0.25, 0.3) is 0 Å². The van der Waals surface area contributed by atoms with Gasteiger partial charge in [0, 0.05) is 6.54 Å². The number of nitrogens with two attached hydrogens (primary N) is 1. The van der Waals surface area contributed by atoms with Crippen molar-refractivity contribution in [1.29, 1.82) is 0 Å². The molecule has 31 heavy (non-hydrogen) atoms. The molecule has 4 atom stereocenters. The zero-order valence-corrected chi connectivity index (χ0v) is 17.2. The molecule has 1 aliphatic rings. The van der Waals surface area contributed by atoms with E-state index in [0.717, 1.165) is 0 Å². The highest BCUT2D eigenvalue weighted by Crippen LogP contribution is 2.19. The average Bonchev–Trinajstić information content (AvgIpc) is 3.20.